The summed E-state index contributed by atoms with van der Waals surface area (Å²) in [6, 6.07) is 8.73. The number of aliphatic carboxylic acids is 1. The van der Waals surface area contributed by atoms with Gasteiger partial charge in [-0.15, -0.1) is 0 Å². The van der Waals surface area contributed by atoms with Crippen molar-refractivity contribution in [2.75, 3.05) is 26.1 Å². The Labute approximate surface area is 274 Å². The molecule has 0 saturated carbocycles. The van der Waals surface area contributed by atoms with E-state index in [9.17, 15) is 39.0 Å². The van der Waals surface area contributed by atoms with Crippen LogP contribution in [0.4, 0.5) is 15.3 Å². The summed E-state index contributed by atoms with van der Waals surface area (Å²) < 4.78 is 8.23. The Morgan fingerprint density at radius 1 is 0.851 bits per heavy atom. The van der Waals surface area contributed by atoms with E-state index in [1.807, 2.05) is 0 Å². The number of carboxylic acid groups (broad SMARTS) is 2. The number of carbonyl (C=O) groups excluding carboxylic acids is 4. The van der Waals surface area contributed by atoms with Crippen LogP contribution >= 0.6 is 0 Å². The fraction of sp³-hybridized carbons (Fsp3) is 0.471. The highest BCUT2D eigenvalue weighted by Crippen LogP contribution is 2.39. The second-order valence-electron chi connectivity index (χ2n) is 11.5. The van der Waals surface area contributed by atoms with Crippen molar-refractivity contribution in [2.45, 2.75) is 82.9 Å². The normalized spacial score (nSPS) is 19.8. The molecule has 1 fully saturated rings. The molecule has 13 heteroatoms. The van der Waals surface area contributed by atoms with Crippen LogP contribution in [-0.2, 0) is 19.1 Å². The van der Waals surface area contributed by atoms with Crippen molar-refractivity contribution in [3.05, 3.63) is 60.2 Å². The van der Waals surface area contributed by atoms with Crippen molar-refractivity contribution in [1.29, 1.82) is 0 Å². The number of nitrogens with one attached hydrogen (secondary N) is 1. The summed E-state index contributed by atoms with van der Waals surface area (Å²) in [7, 11) is 2.29. The number of anilines is 1. The summed E-state index contributed by atoms with van der Waals surface area (Å²) in [6.45, 7) is 1.87. The van der Waals surface area contributed by atoms with Crippen molar-refractivity contribution >= 4 is 41.4 Å². The number of carbonyl (C=O) groups is 6. The smallest absolute Gasteiger partial charge is 0.497 e. The Bertz CT molecular complexity index is 1430. The van der Waals surface area contributed by atoms with Crippen LogP contribution in [0.1, 0.15) is 81.5 Å². The molecule has 3 atom stereocenters. The van der Waals surface area contributed by atoms with Crippen LogP contribution in [0.15, 0.2) is 54.6 Å². The minimum Gasteiger partial charge on any atom is -0.497 e. The molecule has 47 heavy (non-hydrogen) atoms. The number of rotatable bonds is 19. The van der Waals surface area contributed by atoms with Crippen LogP contribution in [0.5, 0.6) is 5.75 Å². The number of ether oxygens (including phenoxy) is 2. The first-order chi connectivity index (χ1) is 22.5. The first-order valence-electron chi connectivity index (χ1n) is 15.9. The maximum Gasteiger partial charge on any atom is 0.531 e. The zero-order valence-electron chi connectivity index (χ0n) is 27.1. The van der Waals surface area contributed by atoms with Crippen LogP contribution in [-0.4, -0.2) is 87.8 Å². The quantitative estimate of drug-likeness (QED) is 0.0561. The SMILES string of the molecule is CCCCCCCCCCCCOC1(C(=O)O)C(=O)[N+](C(=O)O)(C(C(=O)Nc2ccccc2)C(=O)c2ccc(OC)cc2)C(=O)N1C. The number of urea groups is 1. The predicted octanol–water partition coefficient (Wildman–Crippen LogP) is 5.69. The number of unbranched alkanes of at least 4 members (excludes halogenated alkanes) is 9. The van der Waals surface area contributed by atoms with E-state index in [1.54, 1.807) is 18.2 Å². The topological polar surface area (TPSA) is 177 Å². The third-order valence-electron chi connectivity index (χ3n) is 8.37. The van der Waals surface area contributed by atoms with Crippen LogP contribution < -0.4 is 10.1 Å². The summed E-state index contributed by atoms with van der Waals surface area (Å²) in [6.07, 6.45) is 7.54. The number of methoxy groups -OCH3 is 1. The lowest BCUT2D eigenvalue weighted by molar-refractivity contribution is -0.702. The zero-order chi connectivity index (χ0) is 34.6. The van der Waals surface area contributed by atoms with Crippen molar-refractivity contribution < 1.29 is 52.9 Å². The van der Waals surface area contributed by atoms with Gasteiger partial charge in [-0.2, -0.15) is 4.79 Å². The third kappa shape index (κ3) is 7.68. The second-order valence-corrected chi connectivity index (χ2v) is 11.5. The third-order valence-corrected chi connectivity index (χ3v) is 8.37. The van der Waals surface area contributed by atoms with Crippen LogP contribution in [0.25, 0.3) is 0 Å². The fourth-order valence-corrected chi connectivity index (χ4v) is 5.73. The number of likely N-dealkylation sites (N-methyl/N-ethyl adjacent to an activating group) is 1. The van der Waals surface area contributed by atoms with Gasteiger partial charge in [-0.25, -0.2) is 19.3 Å². The molecule has 3 unspecified atom stereocenters. The van der Waals surface area contributed by atoms with Gasteiger partial charge in [0.2, 0.25) is 5.78 Å². The number of Topliss-reactive ketones (excluding diaryl/α,β-unsaturated/α-hetero) is 1. The van der Waals surface area contributed by atoms with E-state index in [2.05, 4.69) is 12.2 Å². The Kier molecular flexibility index (Phi) is 13.2. The first kappa shape index (κ1) is 36.8. The number of amides is 5. The lowest BCUT2D eigenvalue weighted by atomic mass is 9.98. The maximum atomic E-state index is 14.3. The van der Waals surface area contributed by atoms with Gasteiger partial charge in [-0.3, -0.25) is 9.59 Å². The molecular weight excluding hydrogens is 610 g/mol. The highest BCUT2D eigenvalue weighted by atomic mass is 16.6. The monoisotopic (exact) mass is 654 g/mol. The lowest BCUT2D eigenvalue weighted by Crippen LogP contribution is -2.70. The van der Waals surface area contributed by atoms with Crippen molar-refractivity contribution in [3.63, 3.8) is 0 Å². The second kappa shape index (κ2) is 16.8. The van der Waals surface area contributed by atoms with E-state index in [4.69, 9.17) is 9.47 Å². The van der Waals surface area contributed by atoms with E-state index in [0.29, 0.717) is 23.5 Å². The van der Waals surface area contributed by atoms with Gasteiger partial charge in [0.15, 0.2) is 0 Å². The molecule has 0 bridgehead atoms. The summed E-state index contributed by atoms with van der Waals surface area (Å²) in [5.74, 6) is -5.94. The molecule has 1 saturated heterocycles. The molecule has 3 rings (SSSR count). The van der Waals surface area contributed by atoms with Crippen molar-refractivity contribution in [3.8, 4) is 5.75 Å². The molecule has 3 N–H and O–H groups in total. The lowest BCUT2D eigenvalue weighted by Gasteiger charge is -2.29. The average Bonchev–Trinajstić information content (AvgIpc) is 3.23. The van der Waals surface area contributed by atoms with Gasteiger partial charge in [-0.1, -0.05) is 87.4 Å². The van der Waals surface area contributed by atoms with Gasteiger partial charge in [0.1, 0.15) is 5.75 Å². The number of carboxylic acids is 1. The van der Waals surface area contributed by atoms with E-state index in [0.717, 1.165) is 32.7 Å². The molecule has 5 amide bonds. The van der Waals surface area contributed by atoms with E-state index in [1.165, 1.54) is 69.2 Å². The van der Waals surface area contributed by atoms with Gasteiger partial charge >= 0.3 is 29.7 Å². The molecule has 254 valence electrons. The first-order valence-corrected chi connectivity index (χ1v) is 15.9. The number of hydrogen-bond acceptors (Lipinski definition) is 8. The van der Waals surface area contributed by atoms with Crippen LogP contribution in [0, 0.1) is 0 Å². The van der Waals surface area contributed by atoms with Crippen LogP contribution in [0.3, 0.4) is 0 Å². The highest BCUT2D eigenvalue weighted by molar-refractivity contribution is 6.23. The molecule has 2 aromatic rings. The molecule has 0 radical (unpaired) electrons. The summed E-state index contributed by atoms with van der Waals surface area (Å²) in [5, 5.41) is 23.3. The number of benzene rings is 2. The minimum atomic E-state index is -3.11. The molecule has 0 spiro atoms. The zero-order valence-corrected chi connectivity index (χ0v) is 27.1. The average molecular weight is 655 g/mol. The Hall–Kier alpha value is -4.62. The predicted molar refractivity (Wildman–Crippen MR) is 171 cm³/mol. The standard InChI is InChI=1S/C34H43N3O10/c1-4-5-6-7-8-9-10-11-12-16-23-47-34(31(41)42)30(40)37(33(44)45,32(43)36(34)2)27(29(39)35-25-17-14-13-15-18-25)28(38)24-19-21-26(46-3)22-20-24/h13-15,17-22,27H,4-12,16,23H2,1-3H3,(H2-,35,39,41,42,44,45)/p+1. The van der Waals surface area contributed by atoms with Crippen LogP contribution in [0.2, 0.25) is 0 Å². The number of ketones is 1. The molecule has 0 aliphatic carbocycles. The van der Waals surface area contributed by atoms with E-state index < -0.39 is 51.9 Å². The molecule has 2 aromatic carbocycles. The fourth-order valence-electron chi connectivity index (χ4n) is 5.73. The summed E-state index contributed by atoms with van der Waals surface area (Å²) in [4.78, 5) is 82.3. The Morgan fingerprint density at radius 3 is 1.91 bits per heavy atom. The molecule has 1 heterocycles. The largest absolute Gasteiger partial charge is 0.531 e. The Balaban J connectivity index is 1.94. The Morgan fingerprint density at radius 2 is 1.40 bits per heavy atom. The van der Waals surface area contributed by atoms with E-state index >= 15 is 0 Å². The molecule has 0 aromatic heterocycles. The number of hydrogen-bond donors (Lipinski definition) is 3. The molecular formula is C34H44N3O10+. The number of nitrogens with zero attached hydrogens (tertiary/aromatic N) is 2. The van der Waals surface area contributed by atoms with Crippen molar-refractivity contribution in [2.24, 2.45) is 0 Å². The molecule has 1 aliphatic heterocycles. The summed E-state index contributed by atoms with van der Waals surface area (Å²) in [5.41, 5.74) is -3.19. The maximum absolute atomic E-state index is 14.3. The van der Waals surface area contributed by atoms with E-state index in [-0.39, 0.29) is 17.9 Å². The molecule has 1 aliphatic rings. The van der Waals surface area contributed by atoms with Gasteiger partial charge in [0.25, 0.3) is 11.9 Å². The number of para-hydroxylation sites is 1. The van der Waals surface area contributed by atoms with Crippen molar-refractivity contribution in [1.82, 2.24) is 4.90 Å². The van der Waals surface area contributed by atoms with Gasteiger partial charge < -0.3 is 25.0 Å². The molecule has 13 nitrogen and oxygen atoms in total. The summed E-state index contributed by atoms with van der Waals surface area (Å²) >= 11 is 0. The highest BCUT2D eigenvalue weighted by Gasteiger charge is 2.81. The van der Waals surface area contributed by atoms with Gasteiger partial charge in [0.05, 0.1) is 13.7 Å². The minimum absolute atomic E-state index is 0.141. The van der Waals surface area contributed by atoms with Gasteiger partial charge in [0, 0.05) is 18.3 Å². The number of imide groups is 3. The van der Waals surface area contributed by atoms with Gasteiger partial charge in [-0.05, 0) is 42.8 Å². The number of quaternary nitrogens is 1.